The third-order valence-corrected chi connectivity index (χ3v) is 3.15. The van der Waals surface area contributed by atoms with Gasteiger partial charge in [0.2, 0.25) is 0 Å². The van der Waals surface area contributed by atoms with Crippen molar-refractivity contribution in [2.75, 3.05) is 33.1 Å². The van der Waals surface area contributed by atoms with E-state index < -0.39 is 0 Å². The molecule has 1 N–H and O–H groups in total. The van der Waals surface area contributed by atoms with Gasteiger partial charge >= 0.3 is 0 Å². The molecule has 106 valence electrons. The quantitative estimate of drug-likeness (QED) is 0.858. The van der Waals surface area contributed by atoms with Crippen molar-refractivity contribution >= 4 is 11.6 Å². The molecule has 0 radical (unpaired) electrons. The minimum atomic E-state index is -0.117. The van der Waals surface area contributed by atoms with Crippen LogP contribution in [0.15, 0.2) is 24.3 Å². The summed E-state index contributed by atoms with van der Waals surface area (Å²) in [6.45, 7) is 4.96. The van der Waals surface area contributed by atoms with Gasteiger partial charge in [-0.2, -0.15) is 0 Å². The van der Waals surface area contributed by atoms with Gasteiger partial charge in [0.25, 0.3) is 5.91 Å². The second-order valence-electron chi connectivity index (χ2n) is 5.42. The Balaban J connectivity index is 2.51. The van der Waals surface area contributed by atoms with Crippen molar-refractivity contribution in [2.24, 2.45) is 0 Å². The molecule has 0 aliphatic heterocycles. The summed E-state index contributed by atoms with van der Waals surface area (Å²) in [5.74, 6) is 0.0204. The van der Waals surface area contributed by atoms with E-state index in [9.17, 15) is 4.79 Å². The van der Waals surface area contributed by atoms with Gasteiger partial charge in [-0.25, -0.2) is 0 Å². The first-order chi connectivity index (χ1) is 8.85. The fourth-order valence-corrected chi connectivity index (χ4v) is 1.60. The number of carbonyl (C=O) groups is 1. The second kappa shape index (κ2) is 6.57. The number of hydrogen-bond donors (Lipinski definition) is 1. The van der Waals surface area contributed by atoms with Crippen molar-refractivity contribution < 1.29 is 9.53 Å². The van der Waals surface area contributed by atoms with E-state index in [2.05, 4.69) is 19.2 Å². The highest BCUT2D eigenvalue weighted by atomic mass is 16.5. The number of nitrogens with zero attached hydrogens (tertiary/aromatic N) is 1. The number of methoxy groups -OCH3 is 1. The highest BCUT2D eigenvalue weighted by molar-refractivity contribution is 5.94. The van der Waals surface area contributed by atoms with Crippen LogP contribution < -0.4 is 5.32 Å². The average molecular weight is 264 g/mol. The van der Waals surface area contributed by atoms with E-state index in [1.807, 2.05) is 24.3 Å². The second-order valence-corrected chi connectivity index (χ2v) is 5.42. The van der Waals surface area contributed by atoms with Crippen molar-refractivity contribution in [1.29, 1.82) is 0 Å². The van der Waals surface area contributed by atoms with Crippen molar-refractivity contribution in [3.8, 4) is 0 Å². The van der Waals surface area contributed by atoms with E-state index in [4.69, 9.17) is 4.74 Å². The molecule has 0 unspecified atom stereocenters. The number of benzene rings is 1. The molecule has 1 aromatic rings. The highest BCUT2D eigenvalue weighted by Crippen LogP contribution is 2.15. The number of rotatable bonds is 6. The van der Waals surface area contributed by atoms with E-state index in [1.54, 1.807) is 26.1 Å². The number of amides is 1. The Bertz CT molecular complexity index is 411. The molecule has 1 rings (SSSR count). The minimum Gasteiger partial charge on any atom is -0.385 e. The maximum atomic E-state index is 11.7. The lowest BCUT2D eigenvalue weighted by atomic mass is 10.1. The molecule has 0 aliphatic carbocycles. The first-order valence-corrected chi connectivity index (χ1v) is 6.46. The van der Waals surface area contributed by atoms with E-state index in [0.29, 0.717) is 5.56 Å². The summed E-state index contributed by atoms with van der Waals surface area (Å²) in [6, 6.07) is 7.53. The van der Waals surface area contributed by atoms with Crippen LogP contribution in [0.3, 0.4) is 0 Å². The Morgan fingerprint density at radius 3 is 2.32 bits per heavy atom. The zero-order valence-corrected chi connectivity index (χ0v) is 12.5. The van der Waals surface area contributed by atoms with Gasteiger partial charge in [0.1, 0.15) is 0 Å². The molecule has 0 aromatic heterocycles. The van der Waals surface area contributed by atoms with Gasteiger partial charge < -0.3 is 15.0 Å². The van der Waals surface area contributed by atoms with Crippen LogP contribution in [0.1, 0.15) is 30.6 Å². The van der Waals surface area contributed by atoms with E-state index in [1.165, 1.54) is 0 Å². The molecule has 0 atom stereocenters. The normalized spacial score (nSPS) is 11.2. The third kappa shape index (κ3) is 4.91. The Hall–Kier alpha value is -1.55. The van der Waals surface area contributed by atoms with Gasteiger partial charge in [-0.05, 0) is 44.5 Å². The monoisotopic (exact) mass is 264 g/mol. The average Bonchev–Trinajstić information content (AvgIpc) is 2.38. The summed E-state index contributed by atoms with van der Waals surface area (Å²) < 4.78 is 5.36. The number of hydrogen-bond acceptors (Lipinski definition) is 3. The molecule has 19 heavy (non-hydrogen) atoms. The molecule has 0 bridgehead atoms. The highest BCUT2D eigenvalue weighted by Gasteiger charge is 2.15. The van der Waals surface area contributed by atoms with Crippen LogP contribution in [0.4, 0.5) is 5.69 Å². The number of ether oxygens (including phenoxy) is 1. The van der Waals surface area contributed by atoms with Gasteiger partial charge in [0, 0.05) is 39.0 Å². The molecular weight excluding hydrogens is 240 g/mol. The zero-order chi connectivity index (χ0) is 14.5. The first kappa shape index (κ1) is 15.5. The molecule has 4 heteroatoms. The molecule has 1 amide bonds. The molecule has 1 aromatic carbocycles. The van der Waals surface area contributed by atoms with Crippen LogP contribution >= 0.6 is 0 Å². The summed E-state index contributed by atoms with van der Waals surface area (Å²) in [7, 11) is 5.23. The molecule has 0 saturated heterocycles. The van der Waals surface area contributed by atoms with Gasteiger partial charge in [-0.15, -0.1) is 0 Å². The van der Waals surface area contributed by atoms with Gasteiger partial charge in [-0.1, -0.05) is 0 Å². The van der Waals surface area contributed by atoms with E-state index in [0.717, 1.165) is 18.7 Å². The van der Waals surface area contributed by atoms with Crippen molar-refractivity contribution in [1.82, 2.24) is 4.90 Å². The van der Waals surface area contributed by atoms with E-state index in [-0.39, 0.29) is 11.5 Å². The van der Waals surface area contributed by atoms with Crippen LogP contribution in [-0.2, 0) is 4.74 Å². The smallest absolute Gasteiger partial charge is 0.253 e. The lowest BCUT2D eigenvalue weighted by Gasteiger charge is -2.23. The third-order valence-electron chi connectivity index (χ3n) is 3.15. The van der Waals surface area contributed by atoms with Gasteiger partial charge in [0.05, 0.1) is 5.60 Å². The number of nitrogens with one attached hydrogen (secondary N) is 1. The predicted molar refractivity (Wildman–Crippen MR) is 78.7 cm³/mol. The van der Waals surface area contributed by atoms with E-state index >= 15 is 0 Å². The minimum absolute atomic E-state index is 0.0204. The zero-order valence-electron chi connectivity index (χ0n) is 12.5. The van der Waals surface area contributed by atoms with Crippen LogP contribution in [0.2, 0.25) is 0 Å². The van der Waals surface area contributed by atoms with Crippen LogP contribution in [0.5, 0.6) is 0 Å². The van der Waals surface area contributed by atoms with Crippen LogP contribution in [-0.4, -0.2) is 44.2 Å². The molecule has 0 aliphatic rings. The van der Waals surface area contributed by atoms with Crippen molar-refractivity contribution in [3.05, 3.63) is 29.8 Å². The molecule has 0 heterocycles. The maximum absolute atomic E-state index is 11.7. The van der Waals surface area contributed by atoms with Gasteiger partial charge in [-0.3, -0.25) is 4.79 Å². The Morgan fingerprint density at radius 2 is 1.84 bits per heavy atom. The summed E-state index contributed by atoms with van der Waals surface area (Å²) in [4.78, 5) is 13.3. The lowest BCUT2D eigenvalue weighted by molar-refractivity contribution is 0.0185. The number of anilines is 1. The topological polar surface area (TPSA) is 41.6 Å². The lowest BCUT2D eigenvalue weighted by Crippen LogP contribution is -2.25. The summed E-state index contributed by atoms with van der Waals surface area (Å²) in [5.41, 5.74) is 1.60. The Morgan fingerprint density at radius 1 is 1.26 bits per heavy atom. The molecule has 0 spiro atoms. The van der Waals surface area contributed by atoms with Gasteiger partial charge in [0.15, 0.2) is 0 Å². The SMILES string of the molecule is COC(C)(C)CCNc1ccc(C(=O)N(C)C)cc1. The molecular formula is C15H24N2O2. The summed E-state index contributed by atoms with van der Waals surface area (Å²) in [5, 5.41) is 3.33. The predicted octanol–water partition coefficient (Wildman–Crippen LogP) is 2.62. The number of carbonyl (C=O) groups excluding carboxylic acids is 1. The Labute approximate surface area is 115 Å². The fourth-order valence-electron chi connectivity index (χ4n) is 1.60. The van der Waals surface area contributed by atoms with Crippen molar-refractivity contribution in [3.63, 3.8) is 0 Å². The fraction of sp³-hybridized carbons (Fsp3) is 0.533. The molecule has 0 saturated carbocycles. The molecule has 0 fully saturated rings. The maximum Gasteiger partial charge on any atom is 0.253 e. The largest absolute Gasteiger partial charge is 0.385 e. The first-order valence-electron chi connectivity index (χ1n) is 6.46. The standard InChI is InChI=1S/C15H24N2O2/c1-15(2,19-5)10-11-16-13-8-6-12(7-9-13)14(18)17(3)4/h6-9,16H,10-11H2,1-5H3. The Kier molecular flexibility index (Phi) is 5.36. The van der Waals surface area contributed by atoms with Crippen LogP contribution in [0, 0.1) is 0 Å². The van der Waals surface area contributed by atoms with Crippen LogP contribution in [0.25, 0.3) is 0 Å². The summed E-state index contributed by atoms with van der Waals surface area (Å²) in [6.07, 6.45) is 0.919. The van der Waals surface area contributed by atoms with Crippen molar-refractivity contribution in [2.45, 2.75) is 25.9 Å². The summed E-state index contributed by atoms with van der Waals surface area (Å²) >= 11 is 0. The molecule has 4 nitrogen and oxygen atoms in total.